The zero-order chi connectivity index (χ0) is 25.7. The number of aromatic nitrogens is 2. The summed E-state index contributed by atoms with van der Waals surface area (Å²) in [7, 11) is 0. The van der Waals surface area contributed by atoms with Gasteiger partial charge < -0.3 is 14.2 Å². The number of nitrogens with zero attached hydrogens (tertiary/aromatic N) is 4. The van der Waals surface area contributed by atoms with E-state index in [1.165, 1.54) is 18.2 Å². The molecule has 1 atom stereocenters. The Hall–Kier alpha value is -3.04. The van der Waals surface area contributed by atoms with E-state index in [2.05, 4.69) is 26.1 Å². The first-order valence-electron chi connectivity index (χ1n) is 11.9. The van der Waals surface area contributed by atoms with Crippen LogP contribution in [0.1, 0.15) is 37.4 Å². The molecule has 1 aliphatic rings. The molecule has 6 nitrogen and oxygen atoms in total. The highest BCUT2D eigenvalue weighted by atomic mass is 35.5. The molecule has 0 N–H and O–H groups in total. The third-order valence-electron chi connectivity index (χ3n) is 6.23. The second-order valence-electron chi connectivity index (χ2n) is 8.89. The summed E-state index contributed by atoms with van der Waals surface area (Å²) in [5.41, 5.74) is 2.46. The predicted octanol–water partition coefficient (Wildman–Crippen LogP) is 5.89. The molecule has 0 spiro atoms. The van der Waals surface area contributed by atoms with Crippen LogP contribution in [-0.4, -0.2) is 45.9 Å². The minimum absolute atomic E-state index is 0.0497. The first kappa shape index (κ1) is 26.0. The molecule has 1 aromatic heterocycles. The third kappa shape index (κ3) is 6.79. The first-order chi connectivity index (χ1) is 17.2. The summed E-state index contributed by atoms with van der Waals surface area (Å²) in [5.74, 6) is -0.512. The molecule has 1 aliphatic heterocycles. The summed E-state index contributed by atoms with van der Waals surface area (Å²) in [6.07, 6.45) is 1.63. The molecule has 0 bridgehead atoms. The fourth-order valence-electron chi connectivity index (χ4n) is 4.43. The standard InChI is InChI=1S/C26H28ClF3N4O2/c1-2-3-5-22-16-34(21-6-4-7-24(12-21)36-26(28,29)30)25(35)17-32(22)15-23-13-31-18-33(23)14-19-8-10-20(27)11-9-19/h4,6-13,18,22H,2-3,5,14-17H2,1H3. The molecule has 2 heterocycles. The molecule has 1 amide bonds. The third-order valence-corrected chi connectivity index (χ3v) is 6.48. The minimum atomic E-state index is -4.79. The number of carbonyl (C=O) groups is 1. The Morgan fingerprint density at radius 1 is 1.14 bits per heavy atom. The molecule has 1 saturated heterocycles. The van der Waals surface area contributed by atoms with Crippen LogP contribution in [0.15, 0.2) is 61.1 Å². The second kappa shape index (κ2) is 11.3. The maximum atomic E-state index is 13.1. The number of carbonyl (C=O) groups excluding carboxylic acids is 1. The van der Waals surface area contributed by atoms with Crippen molar-refractivity contribution in [2.24, 2.45) is 0 Å². The van der Waals surface area contributed by atoms with Crippen LogP contribution in [0.3, 0.4) is 0 Å². The number of unbranched alkanes of at least 4 members (excludes halogenated alkanes) is 1. The number of hydrogen-bond donors (Lipinski definition) is 0. The monoisotopic (exact) mass is 520 g/mol. The van der Waals surface area contributed by atoms with Gasteiger partial charge in [-0.1, -0.05) is 49.6 Å². The van der Waals surface area contributed by atoms with Crippen molar-refractivity contribution in [3.05, 3.63) is 77.3 Å². The van der Waals surface area contributed by atoms with Gasteiger partial charge in [0.05, 0.1) is 18.6 Å². The number of piperazine rings is 1. The van der Waals surface area contributed by atoms with Gasteiger partial charge in [0.1, 0.15) is 5.75 Å². The predicted molar refractivity (Wildman–Crippen MR) is 132 cm³/mol. The van der Waals surface area contributed by atoms with Gasteiger partial charge in [0.15, 0.2) is 0 Å². The van der Waals surface area contributed by atoms with E-state index in [9.17, 15) is 18.0 Å². The van der Waals surface area contributed by atoms with Gasteiger partial charge >= 0.3 is 6.36 Å². The second-order valence-corrected chi connectivity index (χ2v) is 9.33. The zero-order valence-corrected chi connectivity index (χ0v) is 20.7. The summed E-state index contributed by atoms with van der Waals surface area (Å²) < 4.78 is 44.2. The summed E-state index contributed by atoms with van der Waals surface area (Å²) >= 11 is 6.00. The number of hydrogen-bond acceptors (Lipinski definition) is 4. The molecule has 1 fully saturated rings. The van der Waals surface area contributed by atoms with Crippen molar-refractivity contribution in [2.45, 2.75) is 51.7 Å². The molecule has 0 aliphatic carbocycles. The van der Waals surface area contributed by atoms with Crippen molar-refractivity contribution < 1.29 is 22.7 Å². The van der Waals surface area contributed by atoms with Crippen molar-refractivity contribution in [2.75, 3.05) is 18.0 Å². The van der Waals surface area contributed by atoms with Crippen LogP contribution >= 0.6 is 11.6 Å². The van der Waals surface area contributed by atoms with Gasteiger partial charge in [-0.15, -0.1) is 13.2 Å². The summed E-state index contributed by atoms with van der Waals surface area (Å²) in [5, 5.41) is 0.676. The molecule has 10 heteroatoms. The van der Waals surface area contributed by atoms with Crippen molar-refractivity contribution in [1.29, 1.82) is 0 Å². The van der Waals surface area contributed by atoms with E-state index < -0.39 is 6.36 Å². The van der Waals surface area contributed by atoms with Gasteiger partial charge in [0, 0.05) is 48.6 Å². The number of alkyl halides is 3. The van der Waals surface area contributed by atoms with Gasteiger partial charge in [-0.05, 0) is 36.2 Å². The van der Waals surface area contributed by atoms with Gasteiger partial charge in [-0.2, -0.15) is 0 Å². The molecular weight excluding hydrogens is 493 g/mol. The molecule has 4 rings (SSSR count). The fraction of sp³-hybridized carbons (Fsp3) is 0.385. The van der Waals surface area contributed by atoms with Crippen LogP contribution in [-0.2, 0) is 17.9 Å². The number of amides is 1. The average Bonchev–Trinajstić information content (AvgIpc) is 3.25. The Morgan fingerprint density at radius 3 is 2.64 bits per heavy atom. The quantitative estimate of drug-likeness (QED) is 0.353. The van der Waals surface area contributed by atoms with Crippen molar-refractivity contribution in [1.82, 2.24) is 14.5 Å². The van der Waals surface area contributed by atoms with Gasteiger partial charge in [-0.3, -0.25) is 9.69 Å². The number of imidazole rings is 1. The average molecular weight is 521 g/mol. The Bertz CT molecular complexity index is 1170. The largest absolute Gasteiger partial charge is 0.573 e. The molecule has 3 aromatic rings. The van der Waals surface area contributed by atoms with E-state index in [0.717, 1.165) is 30.5 Å². The fourth-order valence-corrected chi connectivity index (χ4v) is 4.56. The minimum Gasteiger partial charge on any atom is -0.406 e. The lowest BCUT2D eigenvalue weighted by molar-refractivity contribution is -0.274. The van der Waals surface area contributed by atoms with E-state index in [-0.39, 0.29) is 24.2 Å². The highest BCUT2D eigenvalue weighted by Gasteiger charge is 2.34. The Balaban J connectivity index is 1.50. The number of anilines is 1. The topological polar surface area (TPSA) is 50.6 Å². The molecule has 1 unspecified atom stereocenters. The number of ether oxygens (including phenoxy) is 1. The summed E-state index contributed by atoms with van der Waals surface area (Å²) in [6.45, 7) is 3.82. The van der Waals surface area contributed by atoms with Crippen LogP contribution in [0, 0.1) is 0 Å². The van der Waals surface area contributed by atoms with E-state index in [4.69, 9.17) is 11.6 Å². The van der Waals surface area contributed by atoms with E-state index >= 15 is 0 Å². The molecule has 2 aromatic carbocycles. The van der Waals surface area contributed by atoms with Crippen LogP contribution in [0.2, 0.25) is 5.02 Å². The lowest BCUT2D eigenvalue weighted by Crippen LogP contribution is -2.56. The first-order valence-corrected chi connectivity index (χ1v) is 12.2. The van der Waals surface area contributed by atoms with Crippen LogP contribution in [0.4, 0.5) is 18.9 Å². The molecule has 36 heavy (non-hydrogen) atoms. The maximum absolute atomic E-state index is 13.1. The normalized spacial score (nSPS) is 17.0. The van der Waals surface area contributed by atoms with Crippen LogP contribution < -0.4 is 9.64 Å². The van der Waals surface area contributed by atoms with Gasteiger partial charge in [-0.25, -0.2) is 4.98 Å². The van der Waals surface area contributed by atoms with E-state index in [1.807, 2.05) is 30.5 Å². The van der Waals surface area contributed by atoms with E-state index in [1.54, 1.807) is 17.3 Å². The van der Waals surface area contributed by atoms with Crippen molar-refractivity contribution in [3.63, 3.8) is 0 Å². The number of halogens is 4. The van der Waals surface area contributed by atoms with Crippen molar-refractivity contribution in [3.8, 4) is 5.75 Å². The SMILES string of the molecule is CCCCC1CN(c2cccc(OC(F)(F)F)c2)C(=O)CN1Cc1cncn1Cc1ccc(Cl)cc1. The molecule has 0 radical (unpaired) electrons. The van der Waals surface area contributed by atoms with Crippen LogP contribution in [0.25, 0.3) is 0 Å². The summed E-state index contributed by atoms with van der Waals surface area (Å²) in [4.78, 5) is 21.2. The number of rotatable bonds is 9. The Kier molecular flexibility index (Phi) is 8.21. The lowest BCUT2D eigenvalue weighted by Gasteiger charge is -2.41. The molecule has 0 saturated carbocycles. The smallest absolute Gasteiger partial charge is 0.406 e. The van der Waals surface area contributed by atoms with Gasteiger partial charge in [0.2, 0.25) is 5.91 Å². The lowest BCUT2D eigenvalue weighted by atomic mass is 10.0. The highest BCUT2D eigenvalue weighted by Crippen LogP contribution is 2.29. The maximum Gasteiger partial charge on any atom is 0.573 e. The Labute approximate surface area is 213 Å². The van der Waals surface area contributed by atoms with Gasteiger partial charge in [0.25, 0.3) is 0 Å². The van der Waals surface area contributed by atoms with E-state index in [0.29, 0.717) is 30.3 Å². The molecular formula is C26H28ClF3N4O2. The van der Waals surface area contributed by atoms with Crippen molar-refractivity contribution >= 4 is 23.2 Å². The molecule has 192 valence electrons. The highest BCUT2D eigenvalue weighted by molar-refractivity contribution is 6.30. The van der Waals surface area contributed by atoms with Crippen LogP contribution in [0.5, 0.6) is 5.75 Å². The number of benzene rings is 2. The Morgan fingerprint density at radius 2 is 1.92 bits per heavy atom. The zero-order valence-electron chi connectivity index (χ0n) is 19.9. The summed E-state index contributed by atoms with van der Waals surface area (Å²) in [6, 6.07) is 13.3.